The molecule has 3 atom stereocenters. The van der Waals surface area contributed by atoms with Crippen molar-refractivity contribution < 1.29 is 20.1 Å². The predicted octanol–water partition coefficient (Wildman–Crippen LogP) is -0.617. The number of aromatic nitrogens is 3. The molecule has 2 rings (SSSR count). The van der Waals surface area contributed by atoms with E-state index in [4.69, 9.17) is 4.74 Å². The fourth-order valence-electron chi connectivity index (χ4n) is 3.04. The second-order valence-corrected chi connectivity index (χ2v) is 6.12. The summed E-state index contributed by atoms with van der Waals surface area (Å²) >= 11 is 0. The van der Waals surface area contributed by atoms with Crippen molar-refractivity contribution in [3.8, 4) is 0 Å². The van der Waals surface area contributed by atoms with Crippen molar-refractivity contribution in [3.63, 3.8) is 0 Å². The molecule has 23 heavy (non-hydrogen) atoms. The number of ether oxygens (including phenoxy) is 1. The van der Waals surface area contributed by atoms with Gasteiger partial charge in [0.25, 0.3) is 0 Å². The molecule has 0 spiro atoms. The standard InChI is InChI=1S/C15H28N4O4/c1-23-11-12-8-19(17-16-12)7-5-3-2-4-6-18-9-14(21)15(22)13(18)10-20/h8,13-15,20-22H,2-7,9-11H2,1H3/t13-,14+,15-/m1/s1. The van der Waals surface area contributed by atoms with Gasteiger partial charge in [-0.3, -0.25) is 9.58 Å². The second kappa shape index (κ2) is 9.29. The average molecular weight is 328 g/mol. The van der Waals surface area contributed by atoms with Crippen LogP contribution in [0.4, 0.5) is 0 Å². The van der Waals surface area contributed by atoms with Gasteiger partial charge in [0, 0.05) is 20.2 Å². The average Bonchev–Trinajstić information content (AvgIpc) is 3.08. The minimum atomic E-state index is -0.839. The van der Waals surface area contributed by atoms with E-state index in [1.165, 1.54) is 0 Å². The van der Waals surface area contributed by atoms with Gasteiger partial charge >= 0.3 is 0 Å². The normalized spacial score (nSPS) is 25.3. The molecule has 132 valence electrons. The number of unbranched alkanes of at least 4 members (excludes halogenated alkanes) is 3. The van der Waals surface area contributed by atoms with Crippen LogP contribution in [-0.2, 0) is 17.9 Å². The Labute approximate surface area is 136 Å². The summed E-state index contributed by atoms with van der Waals surface area (Å²) in [7, 11) is 1.64. The summed E-state index contributed by atoms with van der Waals surface area (Å²) < 4.78 is 6.84. The van der Waals surface area contributed by atoms with Crippen LogP contribution in [0.15, 0.2) is 6.20 Å². The van der Waals surface area contributed by atoms with Crippen LogP contribution >= 0.6 is 0 Å². The van der Waals surface area contributed by atoms with Crippen LogP contribution in [0.2, 0.25) is 0 Å². The van der Waals surface area contributed by atoms with Gasteiger partial charge in [-0.2, -0.15) is 0 Å². The highest BCUT2D eigenvalue weighted by molar-refractivity contribution is 4.92. The van der Waals surface area contributed by atoms with Crippen molar-refractivity contribution in [2.45, 2.75) is 57.1 Å². The molecule has 0 bridgehead atoms. The van der Waals surface area contributed by atoms with Crippen molar-refractivity contribution in [1.82, 2.24) is 19.9 Å². The van der Waals surface area contributed by atoms with Crippen LogP contribution in [0.1, 0.15) is 31.4 Å². The highest BCUT2D eigenvalue weighted by Gasteiger charge is 2.38. The van der Waals surface area contributed by atoms with Crippen LogP contribution < -0.4 is 0 Å². The lowest BCUT2D eigenvalue weighted by Gasteiger charge is -2.23. The number of aliphatic hydroxyl groups excluding tert-OH is 3. The molecular formula is C15H28N4O4. The van der Waals surface area contributed by atoms with Gasteiger partial charge < -0.3 is 20.1 Å². The SMILES string of the molecule is COCc1cn(CCCCCCN2C[C@H](O)[C@H](O)[C@H]2CO)nn1. The van der Waals surface area contributed by atoms with Gasteiger partial charge in [-0.05, 0) is 19.4 Å². The van der Waals surface area contributed by atoms with Crippen LogP contribution in [0.3, 0.4) is 0 Å². The smallest absolute Gasteiger partial charge is 0.108 e. The first-order valence-corrected chi connectivity index (χ1v) is 8.24. The molecule has 1 aliphatic rings. The fraction of sp³-hybridized carbons (Fsp3) is 0.867. The lowest BCUT2D eigenvalue weighted by atomic mass is 10.1. The first-order valence-electron chi connectivity index (χ1n) is 8.24. The van der Waals surface area contributed by atoms with E-state index >= 15 is 0 Å². The summed E-state index contributed by atoms with van der Waals surface area (Å²) in [6, 6.07) is -0.334. The molecule has 0 saturated carbocycles. The molecular weight excluding hydrogens is 300 g/mol. The molecule has 1 saturated heterocycles. The van der Waals surface area contributed by atoms with Crippen LogP contribution in [0.25, 0.3) is 0 Å². The number of hydrogen-bond acceptors (Lipinski definition) is 7. The first kappa shape index (κ1) is 18.3. The fourth-order valence-corrected chi connectivity index (χ4v) is 3.04. The number of nitrogens with zero attached hydrogens (tertiary/aromatic N) is 4. The maximum Gasteiger partial charge on any atom is 0.108 e. The van der Waals surface area contributed by atoms with Crippen molar-refractivity contribution >= 4 is 0 Å². The third-order valence-electron chi connectivity index (χ3n) is 4.33. The molecule has 0 aliphatic carbocycles. The lowest BCUT2D eigenvalue weighted by Crippen LogP contribution is -2.39. The van der Waals surface area contributed by atoms with E-state index in [1.54, 1.807) is 7.11 Å². The quantitative estimate of drug-likeness (QED) is 0.492. The molecule has 1 aliphatic heterocycles. The van der Waals surface area contributed by atoms with E-state index < -0.39 is 12.2 Å². The van der Waals surface area contributed by atoms with Crippen LogP contribution in [0, 0.1) is 0 Å². The lowest BCUT2D eigenvalue weighted by molar-refractivity contribution is 0.0216. The van der Waals surface area contributed by atoms with E-state index in [-0.39, 0.29) is 12.6 Å². The van der Waals surface area contributed by atoms with Gasteiger partial charge in [-0.25, -0.2) is 0 Å². The molecule has 8 heteroatoms. The zero-order chi connectivity index (χ0) is 16.7. The largest absolute Gasteiger partial charge is 0.395 e. The Balaban J connectivity index is 1.57. The molecule has 1 fully saturated rings. The molecule has 0 unspecified atom stereocenters. The van der Waals surface area contributed by atoms with E-state index in [2.05, 4.69) is 10.3 Å². The van der Waals surface area contributed by atoms with Gasteiger partial charge in [-0.1, -0.05) is 18.1 Å². The summed E-state index contributed by atoms with van der Waals surface area (Å²) in [6.45, 7) is 2.44. The third-order valence-corrected chi connectivity index (χ3v) is 4.33. The van der Waals surface area contributed by atoms with Gasteiger partial charge in [0.2, 0.25) is 0 Å². The zero-order valence-corrected chi connectivity index (χ0v) is 13.7. The van der Waals surface area contributed by atoms with E-state index in [0.29, 0.717) is 13.2 Å². The zero-order valence-electron chi connectivity index (χ0n) is 13.7. The van der Waals surface area contributed by atoms with Crippen molar-refractivity contribution in [2.24, 2.45) is 0 Å². The Kier molecular flexibility index (Phi) is 7.38. The molecule has 3 N–H and O–H groups in total. The molecule has 1 aromatic heterocycles. The van der Waals surface area contributed by atoms with Crippen LogP contribution in [-0.4, -0.2) is 80.3 Å². The van der Waals surface area contributed by atoms with Crippen LogP contribution in [0.5, 0.6) is 0 Å². The van der Waals surface area contributed by atoms with Crippen molar-refractivity contribution in [1.29, 1.82) is 0 Å². The van der Waals surface area contributed by atoms with Gasteiger partial charge in [0.1, 0.15) is 5.69 Å². The molecule has 0 amide bonds. The Hall–Kier alpha value is -1.06. The summed E-state index contributed by atoms with van der Waals surface area (Å²) in [5.74, 6) is 0. The Morgan fingerprint density at radius 1 is 1.22 bits per heavy atom. The molecule has 2 heterocycles. The number of methoxy groups -OCH3 is 1. The first-order chi connectivity index (χ1) is 11.2. The number of hydrogen-bond donors (Lipinski definition) is 3. The summed E-state index contributed by atoms with van der Waals surface area (Å²) in [5, 5.41) is 36.8. The van der Waals surface area contributed by atoms with E-state index in [1.807, 2.05) is 15.8 Å². The van der Waals surface area contributed by atoms with Crippen molar-refractivity contribution in [2.75, 3.05) is 26.8 Å². The third kappa shape index (κ3) is 5.22. The summed E-state index contributed by atoms with van der Waals surface area (Å²) in [4.78, 5) is 1.98. The number of aliphatic hydroxyl groups is 3. The maximum atomic E-state index is 9.76. The minimum absolute atomic E-state index is 0.117. The van der Waals surface area contributed by atoms with E-state index in [0.717, 1.165) is 44.5 Å². The Bertz CT molecular complexity index is 456. The molecule has 0 aromatic carbocycles. The predicted molar refractivity (Wildman–Crippen MR) is 83.7 cm³/mol. The van der Waals surface area contributed by atoms with Gasteiger partial charge in [0.15, 0.2) is 0 Å². The molecule has 8 nitrogen and oxygen atoms in total. The number of likely N-dealkylation sites (tertiary alicyclic amines) is 1. The van der Waals surface area contributed by atoms with Crippen molar-refractivity contribution in [3.05, 3.63) is 11.9 Å². The minimum Gasteiger partial charge on any atom is -0.395 e. The molecule has 0 radical (unpaired) electrons. The molecule has 1 aromatic rings. The monoisotopic (exact) mass is 328 g/mol. The highest BCUT2D eigenvalue weighted by Crippen LogP contribution is 2.19. The second-order valence-electron chi connectivity index (χ2n) is 6.12. The maximum absolute atomic E-state index is 9.76. The highest BCUT2D eigenvalue weighted by atomic mass is 16.5. The summed E-state index contributed by atoms with van der Waals surface area (Å²) in [6.07, 6.45) is 4.49. The number of aryl methyl sites for hydroxylation is 1. The Morgan fingerprint density at radius 2 is 1.96 bits per heavy atom. The summed E-state index contributed by atoms with van der Waals surface area (Å²) in [5.41, 5.74) is 0.841. The number of rotatable bonds is 10. The Morgan fingerprint density at radius 3 is 2.65 bits per heavy atom. The van der Waals surface area contributed by atoms with Gasteiger partial charge in [0.05, 0.1) is 37.7 Å². The number of β-amino-alcohol motifs (C(OH)–C–C–N with tert-alkyl or cyclic N) is 1. The van der Waals surface area contributed by atoms with Gasteiger partial charge in [-0.15, -0.1) is 5.10 Å². The topological polar surface area (TPSA) is 104 Å². The van der Waals surface area contributed by atoms with E-state index in [9.17, 15) is 15.3 Å².